The van der Waals surface area contributed by atoms with Gasteiger partial charge >= 0.3 is 6.18 Å². The number of likely N-dealkylation sites (tertiary alicyclic amines) is 1. The number of carbonyl (C=O) groups excluding carboxylic acids is 1. The fourth-order valence-electron chi connectivity index (χ4n) is 4.35. The largest absolute Gasteiger partial charge is 0.472 e. The zero-order valence-corrected chi connectivity index (χ0v) is 18.4. The van der Waals surface area contributed by atoms with Crippen molar-refractivity contribution in [1.29, 1.82) is 0 Å². The number of piperidine rings is 1. The Morgan fingerprint density at radius 2 is 1.79 bits per heavy atom. The summed E-state index contributed by atoms with van der Waals surface area (Å²) in [4.78, 5) is 18.7. The summed E-state index contributed by atoms with van der Waals surface area (Å²) in [6.07, 6.45) is 0.656. The van der Waals surface area contributed by atoms with Crippen molar-refractivity contribution in [3.05, 3.63) is 82.9 Å². The molecule has 34 heavy (non-hydrogen) atoms. The number of hydrogen-bond donors (Lipinski definition) is 0. The van der Waals surface area contributed by atoms with Gasteiger partial charge in [0.25, 0.3) is 5.91 Å². The van der Waals surface area contributed by atoms with Crippen LogP contribution in [0.2, 0.25) is 5.15 Å². The van der Waals surface area contributed by atoms with Crippen molar-refractivity contribution in [2.75, 3.05) is 13.1 Å². The summed E-state index contributed by atoms with van der Waals surface area (Å²) in [6.45, 7) is 0.773. The zero-order chi connectivity index (χ0) is 24.0. The van der Waals surface area contributed by atoms with Crippen molar-refractivity contribution in [2.24, 2.45) is 0 Å². The lowest BCUT2D eigenvalue weighted by Crippen LogP contribution is -2.38. The average Bonchev–Trinajstić information content (AvgIpc) is 3.47. The van der Waals surface area contributed by atoms with Gasteiger partial charge in [-0.1, -0.05) is 23.7 Å². The van der Waals surface area contributed by atoms with E-state index in [-0.39, 0.29) is 28.1 Å². The predicted octanol–water partition coefficient (Wildman–Crippen LogP) is 6.43. The van der Waals surface area contributed by atoms with Crippen LogP contribution in [0.5, 0.6) is 0 Å². The Morgan fingerprint density at radius 1 is 1.09 bits per heavy atom. The lowest BCUT2D eigenvalue weighted by Gasteiger charge is -2.31. The molecular weight excluding hydrogens is 474 g/mol. The van der Waals surface area contributed by atoms with E-state index in [1.54, 1.807) is 12.1 Å². The molecule has 10 heteroatoms. The molecule has 0 saturated carbocycles. The van der Waals surface area contributed by atoms with Gasteiger partial charge in [-0.2, -0.15) is 13.2 Å². The molecule has 1 aromatic carbocycles. The van der Waals surface area contributed by atoms with Gasteiger partial charge in [0, 0.05) is 30.4 Å². The maximum Gasteiger partial charge on any atom is 0.420 e. The van der Waals surface area contributed by atoms with Gasteiger partial charge in [-0.15, -0.1) is 0 Å². The van der Waals surface area contributed by atoms with Crippen LogP contribution in [-0.2, 0) is 6.18 Å². The van der Waals surface area contributed by atoms with E-state index in [9.17, 15) is 22.4 Å². The average molecular weight is 492 g/mol. The summed E-state index contributed by atoms with van der Waals surface area (Å²) in [5.41, 5.74) is -0.00560. The lowest BCUT2D eigenvalue weighted by molar-refractivity contribution is -0.136. The molecule has 176 valence electrons. The Labute approximate surface area is 196 Å². The number of aromatic nitrogens is 2. The monoisotopic (exact) mass is 491 g/mol. The Hall–Kier alpha value is -3.33. The summed E-state index contributed by atoms with van der Waals surface area (Å²) in [5.74, 6) is -0.674. The maximum atomic E-state index is 13.8. The summed E-state index contributed by atoms with van der Waals surface area (Å²) in [5, 5.41) is -0.184. The minimum atomic E-state index is -4.70. The number of amides is 1. The summed E-state index contributed by atoms with van der Waals surface area (Å²) in [7, 11) is 0. The number of hydrogen-bond acceptors (Lipinski definition) is 3. The second-order valence-electron chi connectivity index (χ2n) is 8.22. The van der Waals surface area contributed by atoms with E-state index in [0.717, 1.165) is 16.0 Å². The molecule has 0 bridgehead atoms. The normalized spacial score (nSPS) is 15.3. The van der Waals surface area contributed by atoms with Crippen LogP contribution in [0, 0.1) is 5.82 Å². The predicted molar refractivity (Wildman–Crippen MR) is 117 cm³/mol. The Morgan fingerprint density at radius 3 is 2.41 bits per heavy atom. The zero-order valence-electron chi connectivity index (χ0n) is 17.6. The minimum absolute atomic E-state index is 0.163. The number of pyridine rings is 1. The standard InChI is InChI=1S/C24H18ClF4N3O2/c25-21-20(23(33)31-8-5-15(6-9-31)14-1-3-18(26)4-2-14)30-22-19(24(27,28)29)11-17(12-32(21)22)16-7-10-34-13-16/h1-4,7,10-13,15H,5-6,8-9H2. The number of carbonyl (C=O) groups is 1. The van der Waals surface area contributed by atoms with Crippen LogP contribution in [0.25, 0.3) is 16.8 Å². The van der Waals surface area contributed by atoms with Crippen molar-refractivity contribution in [1.82, 2.24) is 14.3 Å². The van der Waals surface area contributed by atoms with Gasteiger partial charge in [-0.05, 0) is 48.6 Å². The van der Waals surface area contributed by atoms with Gasteiger partial charge in [0.15, 0.2) is 11.3 Å². The van der Waals surface area contributed by atoms with Crippen molar-refractivity contribution in [2.45, 2.75) is 24.9 Å². The first-order valence-electron chi connectivity index (χ1n) is 10.6. The number of rotatable bonds is 3. The third-order valence-electron chi connectivity index (χ3n) is 6.15. The highest BCUT2D eigenvalue weighted by molar-refractivity contribution is 6.33. The minimum Gasteiger partial charge on any atom is -0.472 e. The van der Waals surface area contributed by atoms with Gasteiger partial charge in [0.2, 0.25) is 0 Å². The third kappa shape index (κ3) is 4.04. The van der Waals surface area contributed by atoms with E-state index < -0.39 is 23.3 Å². The summed E-state index contributed by atoms with van der Waals surface area (Å²) in [6, 6.07) is 8.76. The second kappa shape index (κ2) is 8.47. The van der Waals surface area contributed by atoms with Gasteiger partial charge in [0.05, 0.1) is 18.1 Å². The molecule has 5 nitrogen and oxygen atoms in total. The number of nitrogens with zero attached hydrogens (tertiary/aromatic N) is 3. The smallest absolute Gasteiger partial charge is 0.420 e. The van der Waals surface area contributed by atoms with Crippen LogP contribution in [0.1, 0.15) is 40.4 Å². The van der Waals surface area contributed by atoms with E-state index in [1.807, 2.05) is 0 Å². The Bertz CT molecular complexity index is 1340. The molecule has 1 amide bonds. The molecule has 0 aliphatic carbocycles. The molecule has 3 aromatic heterocycles. The number of fused-ring (bicyclic) bond motifs is 1. The molecule has 5 rings (SSSR count). The fraction of sp³-hybridized carbons (Fsp3) is 0.250. The fourth-order valence-corrected chi connectivity index (χ4v) is 4.60. The highest BCUT2D eigenvalue weighted by Crippen LogP contribution is 2.37. The highest BCUT2D eigenvalue weighted by Gasteiger charge is 2.37. The van der Waals surface area contributed by atoms with Crippen LogP contribution in [0.4, 0.5) is 17.6 Å². The molecule has 1 aliphatic rings. The van der Waals surface area contributed by atoms with Crippen molar-refractivity contribution >= 4 is 23.2 Å². The summed E-state index contributed by atoms with van der Waals surface area (Å²) < 4.78 is 60.7. The van der Waals surface area contributed by atoms with Gasteiger partial charge in [0.1, 0.15) is 11.0 Å². The van der Waals surface area contributed by atoms with Crippen LogP contribution in [0.3, 0.4) is 0 Å². The Balaban J connectivity index is 1.45. The van der Waals surface area contributed by atoms with E-state index in [2.05, 4.69) is 4.98 Å². The van der Waals surface area contributed by atoms with Gasteiger partial charge in [-0.3, -0.25) is 9.20 Å². The molecule has 0 spiro atoms. The number of imidazole rings is 1. The molecule has 0 radical (unpaired) electrons. The van der Waals surface area contributed by atoms with Crippen molar-refractivity contribution in [3.63, 3.8) is 0 Å². The molecule has 0 unspecified atom stereocenters. The van der Waals surface area contributed by atoms with E-state index in [1.165, 1.54) is 41.8 Å². The molecule has 4 heterocycles. The van der Waals surface area contributed by atoms with Crippen LogP contribution in [-0.4, -0.2) is 33.3 Å². The first-order valence-corrected chi connectivity index (χ1v) is 11.0. The van der Waals surface area contributed by atoms with Crippen LogP contribution in [0.15, 0.2) is 59.5 Å². The quantitative estimate of drug-likeness (QED) is 0.310. The topological polar surface area (TPSA) is 50.8 Å². The molecule has 1 aliphatic heterocycles. The van der Waals surface area contributed by atoms with Crippen molar-refractivity contribution in [3.8, 4) is 11.1 Å². The third-order valence-corrected chi connectivity index (χ3v) is 6.51. The first kappa shape index (κ1) is 22.5. The van der Waals surface area contributed by atoms with Crippen LogP contribution >= 0.6 is 11.6 Å². The van der Waals surface area contributed by atoms with E-state index >= 15 is 0 Å². The highest BCUT2D eigenvalue weighted by atomic mass is 35.5. The summed E-state index contributed by atoms with van der Waals surface area (Å²) >= 11 is 6.39. The molecule has 0 atom stereocenters. The van der Waals surface area contributed by atoms with E-state index in [4.69, 9.17) is 16.0 Å². The van der Waals surface area contributed by atoms with Crippen molar-refractivity contribution < 1.29 is 26.8 Å². The number of benzene rings is 1. The second-order valence-corrected chi connectivity index (χ2v) is 8.57. The van der Waals surface area contributed by atoms with E-state index in [0.29, 0.717) is 31.5 Å². The number of furan rings is 1. The molecule has 0 N–H and O–H groups in total. The molecule has 1 fully saturated rings. The first-order chi connectivity index (χ1) is 16.2. The van der Waals surface area contributed by atoms with Gasteiger partial charge < -0.3 is 9.32 Å². The SMILES string of the molecule is O=C(c1nc2c(C(F)(F)F)cc(-c3ccoc3)cn2c1Cl)N1CCC(c2ccc(F)cc2)CC1. The maximum absolute atomic E-state index is 13.8. The Kier molecular flexibility index (Phi) is 5.59. The number of halogens is 5. The molecular formula is C24H18ClF4N3O2. The molecule has 1 saturated heterocycles. The van der Waals surface area contributed by atoms with Gasteiger partial charge in [-0.25, -0.2) is 9.37 Å². The number of alkyl halides is 3. The molecule has 4 aromatic rings. The van der Waals surface area contributed by atoms with Crippen LogP contribution < -0.4 is 0 Å². The lowest BCUT2D eigenvalue weighted by atomic mass is 9.89.